The summed E-state index contributed by atoms with van der Waals surface area (Å²) in [5, 5.41) is 0. The molecule has 0 aliphatic heterocycles. The van der Waals surface area contributed by atoms with Gasteiger partial charge in [-0.1, -0.05) is 23.3 Å². The molecular weight excluding hydrogens is 172 g/mol. The maximum absolute atomic E-state index is 10.0. The highest BCUT2D eigenvalue weighted by Crippen LogP contribution is 2.05. The number of hydrogen-bond donors (Lipinski definition) is 0. The average molecular weight is 194 g/mol. The molecule has 14 heavy (non-hydrogen) atoms. The van der Waals surface area contributed by atoms with E-state index in [9.17, 15) is 4.79 Å². The Morgan fingerprint density at radius 1 is 1.29 bits per heavy atom. The Morgan fingerprint density at radius 2 is 1.79 bits per heavy atom. The summed E-state index contributed by atoms with van der Waals surface area (Å²) in [5.74, 6) is 0. The summed E-state index contributed by atoms with van der Waals surface area (Å²) in [4.78, 5) is 10.0. The molecule has 0 aromatic rings. The van der Waals surface area contributed by atoms with E-state index in [0.29, 0.717) is 0 Å². The summed E-state index contributed by atoms with van der Waals surface area (Å²) in [6, 6.07) is 0. The van der Waals surface area contributed by atoms with Crippen LogP contribution in [0.2, 0.25) is 0 Å². The first-order valence-corrected chi connectivity index (χ1v) is 4.89. The van der Waals surface area contributed by atoms with Crippen molar-refractivity contribution >= 4 is 6.29 Å². The molecule has 0 N–H and O–H groups in total. The average Bonchev–Trinajstić information content (AvgIpc) is 2.05. The SMILES string of the molecule is C=CC.CC(C)=CCC/C(C)=C/C=O. The summed E-state index contributed by atoms with van der Waals surface area (Å²) >= 11 is 0. The summed E-state index contributed by atoms with van der Waals surface area (Å²) < 4.78 is 0. The predicted molar refractivity (Wildman–Crippen MR) is 64.4 cm³/mol. The van der Waals surface area contributed by atoms with Crippen LogP contribution in [0.5, 0.6) is 0 Å². The Morgan fingerprint density at radius 3 is 2.14 bits per heavy atom. The molecule has 0 bridgehead atoms. The van der Waals surface area contributed by atoms with Crippen LogP contribution in [-0.4, -0.2) is 6.29 Å². The van der Waals surface area contributed by atoms with Gasteiger partial charge in [-0.25, -0.2) is 0 Å². The smallest absolute Gasteiger partial charge is 0.142 e. The minimum Gasteiger partial charge on any atom is -0.299 e. The van der Waals surface area contributed by atoms with E-state index in [1.54, 1.807) is 12.2 Å². The number of aldehydes is 1. The van der Waals surface area contributed by atoms with Gasteiger partial charge in [0.15, 0.2) is 0 Å². The fourth-order valence-electron chi connectivity index (χ4n) is 0.788. The van der Waals surface area contributed by atoms with Gasteiger partial charge in [-0.2, -0.15) is 0 Å². The van der Waals surface area contributed by atoms with E-state index in [4.69, 9.17) is 0 Å². The lowest BCUT2D eigenvalue weighted by Gasteiger charge is -1.94. The third-order valence-electron chi connectivity index (χ3n) is 1.44. The van der Waals surface area contributed by atoms with Crippen LogP contribution in [-0.2, 0) is 4.79 Å². The number of rotatable bonds is 4. The third-order valence-corrected chi connectivity index (χ3v) is 1.44. The number of hydrogen-bond acceptors (Lipinski definition) is 1. The fourth-order valence-corrected chi connectivity index (χ4v) is 0.788. The molecular formula is C13H22O. The lowest BCUT2D eigenvalue weighted by Crippen LogP contribution is -1.77. The summed E-state index contributed by atoms with van der Waals surface area (Å²) in [6.45, 7) is 11.4. The highest BCUT2D eigenvalue weighted by Gasteiger charge is 1.86. The first kappa shape index (κ1) is 15.4. The molecule has 0 amide bonds. The quantitative estimate of drug-likeness (QED) is 0.374. The number of carbonyl (C=O) groups excluding carboxylic acids is 1. The summed E-state index contributed by atoms with van der Waals surface area (Å²) in [6.07, 6.45) is 8.43. The maximum atomic E-state index is 10.0. The van der Waals surface area contributed by atoms with Crippen molar-refractivity contribution in [1.29, 1.82) is 0 Å². The van der Waals surface area contributed by atoms with Crippen LogP contribution in [0, 0.1) is 0 Å². The molecule has 1 heteroatoms. The molecule has 0 saturated heterocycles. The van der Waals surface area contributed by atoms with Crippen LogP contribution in [0.25, 0.3) is 0 Å². The topological polar surface area (TPSA) is 17.1 Å². The van der Waals surface area contributed by atoms with Crippen LogP contribution >= 0.6 is 0 Å². The van der Waals surface area contributed by atoms with Crippen LogP contribution in [0.15, 0.2) is 36.0 Å². The van der Waals surface area contributed by atoms with Gasteiger partial charge in [-0.05, 0) is 46.6 Å². The second-order valence-corrected chi connectivity index (χ2v) is 3.38. The van der Waals surface area contributed by atoms with Gasteiger partial charge in [-0.15, -0.1) is 6.58 Å². The molecule has 0 fully saturated rings. The maximum Gasteiger partial charge on any atom is 0.142 e. The molecule has 0 heterocycles. The molecule has 0 spiro atoms. The monoisotopic (exact) mass is 194 g/mol. The van der Waals surface area contributed by atoms with Gasteiger partial charge in [0.1, 0.15) is 6.29 Å². The van der Waals surface area contributed by atoms with Crippen molar-refractivity contribution in [2.45, 2.75) is 40.5 Å². The van der Waals surface area contributed by atoms with E-state index in [1.165, 1.54) is 5.57 Å². The molecule has 0 saturated carbocycles. The second kappa shape index (κ2) is 11.9. The van der Waals surface area contributed by atoms with E-state index in [0.717, 1.165) is 24.7 Å². The number of allylic oxidation sites excluding steroid dienone is 5. The van der Waals surface area contributed by atoms with Gasteiger partial charge in [-0.3, -0.25) is 4.79 Å². The van der Waals surface area contributed by atoms with Gasteiger partial charge in [0, 0.05) is 0 Å². The fraction of sp³-hybridized carbons (Fsp3) is 0.462. The second-order valence-electron chi connectivity index (χ2n) is 3.38. The van der Waals surface area contributed by atoms with Crippen LogP contribution in [0.1, 0.15) is 40.5 Å². The van der Waals surface area contributed by atoms with E-state index in [2.05, 4.69) is 26.5 Å². The van der Waals surface area contributed by atoms with Gasteiger partial charge in [0.25, 0.3) is 0 Å². The van der Waals surface area contributed by atoms with E-state index in [-0.39, 0.29) is 0 Å². The van der Waals surface area contributed by atoms with Gasteiger partial charge in [0.2, 0.25) is 0 Å². The van der Waals surface area contributed by atoms with Crippen molar-refractivity contribution in [3.63, 3.8) is 0 Å². The molecule has 0 aromatic carbocycles. The summed E-state index contributed by atoms with van der Waals surface area (Å²) in [7, 11) is 0. The van der Waals surface area contributed by atoms with Crippen molar-refractivity contribution in [3.05, 3.63) is 36.0 Å². The minimum atomic E-state index is 0.845. The molecule has 0 radical (unpaired) electrons. The molecule has 0 atom stereocenters. The van der Waals surface area contributed by atoms with E-state index >= 15 is 0 Å². The van der Waals surface area contributed by atoms with Gasteiger partial charge >= 0.3 is 0 Å². The molecule has 0 aliphatic carbocycles. The van der Waals surface area contributed by atoms with Crippen molar-refractivity contribution in [1.82, 2.24) is 0 Å². The highest BCUT2D eigenvalue weighted by molar-refractivity contribution is 5.65. The molecule has 0 aromatic heterocycles. The highest BCUT2D eigenvalue weighted by atomic mass is 16.1. The zero-order chi connectivity index (χ0) is 11.4. The molecule has 0 unspecified atom stereocenters. The van der Waals surface area contributed by atoms with Gasteiger partial charge < -0.3 is 0 Å². The van der Waals surface area contributed by atoms with Crippen molar-refractivity contribution in [2.24, 2.45) is 0 Å². The molecule has 80 valence electrons. The largest absolute Gasteiger partial charge is 0.299 e. The van der Waals surface area contributed by atoms with Crippen LogP contribution in [0.3, 0.4) is 0 Å². The van der Waals surface area contributed by atoms with Crippen molar-refractivity contribution in [2.75, 3.05) is 0 Å². The van der Waals surface area contributed by atoms with Crippen LogP contribution < -0.4 is 0 Å². The van der Waals surface area contributed by atoms with Crippen molar-refractivity contribution < 1.29 is 4.79 Å². The Bertz CT molecular complexity index is 205. The lowest BCUT2D eigenvalue weighted by atomic mass is 10.1. The predicted octanol–water partition coefficient (Wildman–Crippen LogP) is 4.07. The zero-order valence-corrected chi connectivity index (χ0v) is 9.84. The number of carbonyl (C=O) groups is 1. The van der Waals surface area contributed by atoms with Crippen LogP contribution in [0.4, 0.5) is 0 Å². The Labute approximate surface area is 88.2 Å². The molecule has 1 nitrogen and oxygen atoms in total. The van der Waals surface area contributed by atoms with E-state index in [1.807, 2.05) is 13.8 Å². The minimum absolute atomic E-state index is 0.845. The normalized spacial score (nSPS) is 9.57. The third kappa shape index (κ3) is 17.1. The summed E-state index contributed by atoms with van der Waals surface area (Å²) in [5.41, 5.74) is 2.49. The molecule has 0 aliphatic rings. The first-order valence-electron chi connectivity index (χ1n) is 4.89. The first-order chi connectivity index (χ1) is 6.58. The van der Waals surface area contributed by atoms with E-state index < -0.39 is 0 Å². The Hall–Kier alpha value is -1.11. The van der Waals surface area contributed by atoms with Gasteiger partial charge in [0.05, 0.1) is 0 Å². The Balaban J connectivity index is 0. The molecule has 0 rings (SSSR count). The standard InChI is InChI=1S/C10H16O.C3H6/c1-9(2)5-4-6-10(3)7-8-11;1-3-2/h5,7-8H,4,6H2,1-3H3;3H,1H2,2H3/b10-7+;. The van der Waals surface area contributed by atoms with Crippen molar-refractivity contribution in [3.8, 4) is 0 Å². The lowest BCUT2D eigenvalue weighted by molar-refractivity contribution is -0.104. The zero-order valence-electron chi connectivity index (χ0n) is 9.84. The Kier molecular flexibility index (Phi) is 13.1.